The molecule has 0 radical (unpaired) electrons. The fourth-order valence-corrected chi connectivity index (χ4v) is 3.89. The lowest BCUT2D eigenvalue weighted by Crippen LogP contribution is -2.16. The van der Waals surface area contributed by atoms with Gasteiger partial charge in [-0.15, -0.1) is 0 Å². The molecule has 2 aromatic rings. The summed E-state index contributed by atoms with van der Waals surface area (Å²) in [5, 5.41) is 2.22. The summed E-state index contributed by atoms with van der Waals surface area (Å²) in [6.07, 6.45) is 8.42. The van der Waals surface area contributed by atoms with Gasteiger partial charge < -0.3 is 0 Å². The molecule has 3 rings (SSSR count). The molecule has 1 aliphatic rings. The normalized spacial score (nSPS) is 17.4. The standard InChI is InChI=1S/C19H21BrO/c20-18-13-12-17(15-10-6-7-11-16(15)18)19(21)14-8-4-2-1-3-5-9-14/h6-7,10-14H,1-5,8-9H2. The van der Waals surface area contributed by atoms with Gasteiger partial charge in [0.1, 0.15) is 0 Å². The molecule has 0 atom stereocenters. The highest BCUT2D eigenvalue weighted by atomic mass is 79.9. The van der Waals surface area contributed by atoms with Crippen LogP contribution in [0.3, 0.4) is 0 Å². The molecule has 0 saturated heterocycles. The molecular weight excluding hydrogens is 324 g/mol. The van der Waals surface area contributed by atoms with Crippen molar-refractivity contribution in [1.82, 2.24) is 0 Å². The highest BCUT2D eigenvalue weighted by Gasteiger charge is 2.22. The van der Waals surface area contributed by atoms with Gasteiger partial charge >= 0.3 is 0 Å². The Bertz CT molecular complexity index is 639. The zero-order chi connectivity index (χ0) is 14.7. The van der Waals surface area contributed by atoms with Gasteiger partial charge in [0.2, 0.25) is 0 Å². The van der Waals surface area contributed by atoms with E-state index in [-0.39, 0.29) is 5.92 Å². The van der Waals surface area contributed by atoms with Crippen LogP contribution in [0, 0.1) is 5.92 Å². The molecule has 1 fully saturated rings. The molecule has 1 saturated carbocycles. The van der Waals surface area contributed by atoms with Crippen molar-refractivity contribution < 1.29 is 4.79 Å². The number of hydrogen-bond acceptors (Lipinski definition) is 1. The SMILES string of the molecule is O=C(c1ccc(Br)c2ccccc12)C1CCCCCCC1. The van der Waals surface area contributed by atoms with Crippen LogP contribution in [0.1, 0.15) is 55.3 Å². The van der Waals surface area contributed by atoms with Crippen molar-refractivity contribution >= 4 is 32.5 Å². The van der Waals surface area contributed by atoms with E-state index in [0.29, 0.717) is 5.78 Å². The number of rotatable bonds is 2. The van der Waals surface area contributed by atoms with Crippen molar-refractivity contribution in [3.63, 3.8) is 0 Å². The smallest absolute Gasteiger partial charge is 0.166 e. The lowest BCUT2D eigenvalue weighted by Gasteiger charge is -2.19. The number of benzene rings is 2. The number of carbonyl (C=O) groups excluding carboxylic acids is 1. The molecule has 110 valence electrons. The number of halogens is 1. The summed E-state index contributed by atoms with van der Waals surface area (Å²) in [4.78, 5) is 13.0. The maximum atomic E-state index is 13.0. The third kappa shape index (κ3) is 3.21. The van der Waals surface area contributed by atoms with Crippen LogP contribution in [-0.2, 0) is 0 Å². The van der Waals surface area contributed by atoms with E-state index in [1.165, 1.54) is 32.1 Å². The third-order valence-electron chi connectivity index (χ3n) is 4.61. The summed E-state index contributed by atoms with van der Waals surface area (Å²) in [6.45, 7) is 0. The topological polar surface area (TPSA) is 17.1 Å². The van der Waals surface area contributed by atoms with Crippen LogP contribution in [0.5, 0.6) is 0 Å². The first-order valence-electron chi connectivity index (χ1n) is 7.99. The van der Waals surface area contributed by atoms with Gasteiger partial charge in [-0.05, 0) is 35.7 Å². The van der Waals surface area contributed by atoms with E-state index in [0.717, 1.165) is 33.7 Å². The number of ketones is 1. The van der Waals surface area contributed by atoms with Crippen molar-refractivity contribution in [2.75, 3.05) is 0 Å². The average Bonchev–Trinajstić information content (AvgIpc) is 2.47. The molecule has 21 heavy (non-hydrogen) atoms. The first-order chi connectivity index (χ1) is 10.3. The number of fused-ring (bicyclic) bond motifs is 1. The first-order valence-corrected chi connectivity index (χ1v) is 8.78. The number of carbonyl (C=O) groups is 1. The van der Waals surface area contributed by atoms with Gasteiger partial charge in [-0.25, -0.2) is 0 Å². The minimum absolute atomic E-state index is 0.217. The zero-order valence-corrected chi connectivity index (χ0v) is 13.9. The number of hydrogen-bond donors (Lipinski definition) is 0. The molecule has 0 heterocycles. The molecule has 0 bridgehead atoms. The van der Waals surface area contributed by atoms with E-state index in [1.54, 1.807) is 0 Å². The molecule has 0 aliphatic heterocycles. The van der Waals surface area contributed by atoms with Crippen molar-refractivity contribution in [3.05, 3.63) is 46.4 Å². The Balaban J connectivity index is 1.95. The van der Waals surface area contributed by atoms with Gasteiger partial charge in [0.15, 0.2) is 5.78 Å². The summed E-state index contributed by atoms with van der Waals surface area (Å²) >= 11 is 3.59. The van der Waals surface area contributed by atoms with Gasteiger partial charge in [-0.3, -0.25) is 4.79 Å². The summed E-state index contributed by atoms with van der Waals surface area (Å²) in [7, 11) is 0. The summed E-state index contributed by atoms with van der Waals surface area (Å²) < 4.78 is 1.06. The second-order valence-corrected chi connectivity index (χ2v) is 6.90. The van der Waals surface area contributed by atoms with Gasteiger partial charge in [0, 0.05) is 16.0 Å². The van der Waals surface area contributed by atoms with Crippen LogP contribution in [0.25, 0.3) is 10.8 Å². The maximum Gasteiger partial charge on any atom is 0.166 e. The maximum absolute atomic E-state index is 13.0. The fraction of sp³-hybridized carbons (Fsp3) is 0.421. The van der Waals surface area contributed by atoms with Crippen LogP contribution in [0.15, 0.2) is 40.9 Å². The van der Waals surface area contributed by atoms with E-state index in [1.807, 2.05) is 24.3 Å². The lowest BCUT2D eigenvalue weighted by molar-refractivity contribution is 0.0900. The monoisotopic (exact) mass is 344 g/mol. The second-order valence-electron chi connectivity index (χ2n) is 6.05. The molecule has 0 unspecified atom stereocenters. The Morgan fingerprint density at radius 2 is 1.48 bits per heavy atom. The lowest BCUT2D eigenvalue weighted by atomic mass is 9.84. The Hall–Kier alpha value is -1.15. The summed E-state index contributed by atoms with van der Waals surface area (Å²) in [5.74, 6) is 0.565. The Labute approximate surface area is 134 Å². The van der Waals surface area contributed by atoms with Gasteiger partial charge in [0.05, 0.1) is 0 Å². The minimum Gasteiger partial charge on any atom is -0.294 e. The van der Waals surface area contributed by atoms with E-state index >= 15 is 0 Å². The van der Waals surface area contributed by atoms with E-state index < -0.39 is 0 Å². The Morgan fingerprint density at radius 1 is 0.857 bits per heavy atom. The molecule has 1 aliphatic carbocycles. The van der Waals surface area contributed by atoms with Gasteiger partial charge in [0.25, 0.3) is 0 Å². The predicted molar refractivity (Wildman–Crippen MR) is 91.8 cm³/mol. The zero-order valence-electron chi connectivity index (χ0n) is 12.3. The first kappa shape index (κ1) is 14.8. The van der Waals surface area contributed by atoms with Crippen LogP contribution in [-0.4, -0.2) is 5.78 Å². The molecule has 1 nitrogen and oxygen atoms in total. The quantitative estimate of drug-likeness (QED) is 0.597. The Kier molecular flexibility index (Phi) is 4.74. The van der Waals surface area contributed by atoms with Crippen LogP contribution >= 0.6 is 15.9 Å². The van der Waals surface area contributed by atoms with Crippen molar-refractivity contribution in [3.8, 4) is 0 Å². The van der Waals surface area contributed by atoms with Crippen molar-refractivity contribution in [2.24, 2.45) is 5.92 Å². The van der Waals surface area contributed by atoms with E-state index in [9.17, 15) is 4.79 Å². The van der Waals surface area contributed by atoms with Crippen LogP contribution in [0.4, 0.5) is 0 Å². The van der Waals surface area contributed by atoms with Crippen molar-refractivity contribution in [1.29, 1.82) is 0 Å². The molecule has 2 heteroatoms. The third-order valence-corrected chi connectivity index (χ3v) is 5.30. The summed E-state index contributed by atoms with van der Waals surface area (Å²) in [5.41, 5.74) is 0.902. The molecule has 2 aromatic carbocycles. The minimum atomic E-state index is 0.217. The van der Waals surface area contributed by atoms with Gasteiger partial charge in [-0.2, -0.15) is 0 Å². The van der Waals surface area contributed by atoms with Crippen molar-refractivity contribution in [2.45, 2.75) is 44.9 Å². The highest BCUT2D eigenvalue weighted by molar-refractivity contribution is 9.10. The summed E-state index contributed by atoms with van der Waals surface area (Å²) in [6, 6.07) is 12.2. The molecule has 0 N–H and O–H groups in total. The van der Waals surface area contributed by atoms with E-state index in [2.05, 4.69) is 28.1 Å². The molecule has 0 spiro atoms. The Morgan fingerprint density at radius 3 is 2.19 bits per heavy atom. The number of Topliss-reactive ketones (excluding diaryl/α,β-unsaturated/α-hetero) is 1. The fourth-order valence-electron chi connectivity index (χ4n) is 3.42. The van der Waals surface area contributed by atoms with E-state index in [4.69, 9.17) is 0 Å². The average molecular weight is 345 g/mol. The van der Waals surface area contributed by atoms with Crippen LogP contribution in [0.2, 0.25) is 0 Å². The largest absolute Gasteiger partial charge is 0.294 e. The molecular formula is C19H21BrO. The predicted octanol–water partition coefficient (Wildman–Crippen LogP) is 6.15. The second kappa shape index (κ2) is 6.74. The molecule has 0 amide bonds. The molecule has 0 aromatic heterocycles. The highest BCUT2D eigenvalue weighted by Crippen LogP contribution is 2.31. The van der Waals surface area contributed by atoms with Gasteiger partial charge in [-0.1, -0.05) is 72.3 Å². The van der Waals surface area contributed by atoms with Crippen LogP contribution < -0.4 is 0 Å².